The third kappa shape index (κ3) is 5.24. The number of aryl methyl sites for hydroxylation is 1. The van der Waals surface area contributed by atoms with E-state index in [1.807, 2.05) is 70.2 Å². The van der Waals surface area contributed by atoms with Gasteiger partial charge in [0, 0.05) is 0 Å². The van der Waals surface area contributed by atoms with Gasteiger partial charge in [-0.15, -0.1) is 0 Å². The summed E-state index contributed by atoms with van der Waals surface area (Å²) in [4.78, 5) is 11.8. The summed E-state index contributed by atoms with van der Waals surface area (Å²) in [6.45, 7) is 8.39. The maximum Gasteiger partial charge on any atom is 0.311 e. The van der Waals surface area contributed by atoms with Crippen molar-refractivity contribution < 1.29 is 19.4 Å². The molecule has 0 heterocycles. The van der Waals surface area contributed by atoms with Crippen LogP contribution in [0.3, 0.4) is 0 Å². The molecule has 0 spiro atoms. The van der Waals surface area contributed by atoms with E-state index in [-0.39, 0.29) is 6.10 Å². The van der Waals surface area contributed by atoms with Crippen molar-refractivity contribution in [2.45, 2.75) is 46.1 Å². The Kier molecular flexibility index (Phi) is 6.45. The maximum absolute atomic E-state index is 11.8. The van der Waals surface area contributed by atoms with Crippen molar-refractivity contribution in [3.8, 4) is 11.5 Å². The fraction of sp³-hybridized carbons (Fsp3) is 0.381. The minimum absolute atomic E-state index is 0.115. The van der Waals surface area contributed by atoms with Crippen LogP contribution in [0, 0.1) is 6.92 Å². The molecule has 0 aliphatic carbocycles. The molecule has 134 valence electrons. The van der Waals surface area contributed by atoms with Crippen LogP contribution in [0.1, 0.15) is 43.4 Å². The predicted octanol–water partition coefficient (Wildman–Crippen LogP) is 4.59. The lowest BCUT2D eigenvalue weighted by molar-refractivity contribution is -0.138. The lowest BCUT2D eigenvalue weighted by Crippen LogP contribution is -2.16. The number of aliphatic carboxylic acids is 1. The number of carboxylic acids is 1. The third-order valence-corrected chi connectivity index (χ3v) is 3.96. The zero-order valence-electron chi connectivity index (χ0n) is 15.3. The van der Waals surface area contributed by atoms with E-state index in [4.69, 9.17) is 9.47 Å². The smallest absolute Gasteiger partial charge is 0.311 e. The van der Waals surface area contributed by atoms with Crippen LogP contribution in [-0.4, -0.2) is 23.8 Å². The highest BCUT2D eigenvalue weighted by atomic mass is 16.5. The van der Waals surface area contributed by atoms with Crippen molar-refractivity contribution in [2.75, 3.05) is 6.61 Å². The normalized spacial score (nSPS) is 12.0. The van der Waals surface area contributed by atoms with Gasteiger partial charge in [-0.25, -0.2) is 0 Å². The molecule has 2 aromatic rings. The molecule has 4 nitrogen and oxygen atoms in total. The minimum atomic E-state index is -0.824. The molecule has 0 saturated heterocycles. The quantitative estimate of drug-likeness (QED) is 0.762. The molecule has 0 radical (unpaired) electrons. The van der Waals surface area contributed by atoms with E-state index in [0.717, 1.165) is 28.2 Å². The highest BCUT2D eigenvalue weighted by molar-refractivity contribution is 5.77. The number of hydrogen-bond donors (Lipinski definition) is 1. The van der Waals surface area contributed by atoms with E-state index >= 15 is 0 Å². The molecule has 0 bridgehead atoms. The van der Waals surface area contributed by atoms with Crippen LogP contribution >= 0.6 is 0 Å². The number of ether oxygens (including phenoxy) is 2. The lowest BCUT2D eigenvalue weighted by Gasteiger charge is -2.17. The predicted molar refractivity (Wildman–Crippen MR) is 98.6 cm³/mol. The lowest BCUT2D eigenvalue weighted by atomic mass is 9.89. The van der Waals surface area contributed by atoms with E-state index in [1.54, 1.807) is 0 Å². The molecule has 0 fully saturated rings. The molecule has 1 unspecified atom stereocenters. The van der Waals surface area contributed by atoms with Crippen LogP contribution in [0.2, 0.25) is 0 Å². The van der Waals surface area contributed by atoms with Crippen LogP contribution in [0.25, 0.3) is 0 Å². The molecule has 2 rings (SSSR count). The highest BCUT2D eigenvalue weighted by Crippen LogP contribution is 2.28. The highest BCUT2D eigenvalue weighted by Gasteiger charge is 2.22. The SMILES string of the molecule is CCOc1ccc(C(Cc2ccc(OC(C)C)cc2)C(=O)O)c(C)c1. The maximum atomic E-state index is 11.8. The second-order valence-corrected chi connectivity index (χ2v) is 6.36. The Labute approximate surface area is 149 Å². The second-order valence-electron chi connectivity index (χ2n) is 6.36. The standard InChI is InChI=1S/C21H26O4/c1-5-24-18-10-11-19(15(4)12-18)20(21(22)23)13-16-6-8-17(9-7-16)25-14(2)3/h6-12,14,20H,5,13H2,1-4H3,(H,22,23). The van der Waals surface area contributed by atoms with Crippen molar-refractivity contribution in [2.24, 2.45) is 0 Å². The average Bonchev–Trinajstić information content (AvgIpc) is 2.54. The summed E-state index contributed by atoms with van der Waals surface area (Å²) in [7, 11) is 0. The molecule has 1 atom stereocenters. The summed E-state index contributed by atoms with van der Waals surface area (Å²) in [5.41, 5.74) is 2.72. The first-order chi connectivity index (χ1) is 11.9. The molecule has 25 heavy (non-hydrogen) atoms. The molecule has 0 aromatic heterocycles. The molecular formula is C21H26O4. The largest absolute Gasteiger partial charge is 0.494 e. The summed E-state index contributed by atoms with van der Waals surface area (Å²) in [5, 5.41) is 9.70. The van der Waals surface area contributed by atoms with E-state index in [0.29, 0.717) is 13.0 Å². The van der Waals surface area contributed by atoms with Gasteiger partial charge in [0.1, 0.15) is 11.5 Å². The molecule has 0 aliphatic rings. The number of carbonyl (C=O) groups is 1. The summed E-state index contributed by atoms with van der Waals surface area (Å²) >= 11 is 0. The van der Waals surface area contributed by atoms with Gasteiger partial charge < -0.3 is 14.6 Å². The van der Waals surface area contributed by atoms with Gasteiger partial charge >= 0.3 is 5.97 Å². The molecule has 0 aliphatic heterocycles. The second kappa shape index (κ2) is 8.56. The topological polar surface area (TPSA) is 55.8 Å². The Morgan fingerprint density at radius 1 is 1.08 bits per heavy atom. The first-order valence-corrected chi connectivity index (χ1v) is 8.62. The fourth-order valence-electron chi connectivity index (χ4n) is 2.84. The minimum Gasteiger partial charge on any atom is -0.494 e. The summed E-state index contributed by atoms with van der Waals surface area (Å²) in [6, 6.07) is 13.2. The van der Waals surface area contributed by atoms with Crippen molar-refractivity contribution >= 4 is 5.97 Å². The number of hydrogen-bond acceptors (Lipinski definition) is 3. The molecule has 0 amide bonds. The Balaban J connectivity index is 2.20. The average molecular weight is 342 g/mol. The van der Waals surface area contributed by atoms with Crippen molar-refractivity contribution in [3.63, 3.8) is 0 Å². The Bertz CT molecular complexity index is 704. The molecule has 4 heteroatoms. The van der Waals surface area contributed by atoms with Crippen molar-refractivity contribution in [1.29, 1.82) is 0 Å². The number of carboxylic acid groups (broad SMARTS) is 1. The van der Waals surface area contributed by atoms with Crippen LogP contribution in [0.4, 0.5) is 0 Å². The molecule has 0 saturated carbocycles. The zero-order chi connectivity index (χ0) is 18.4. The van der Waals surface area contributed by atoms with Gasteiger partial charge in [0.15, 0.2) is 0 Å². The van der Waals surface area contributed by atoms with Crippen LogP contribution in [0.5, 0.6) is 11.5 Å². The van der Waals surface area contributed by atoms with E-state index < -0.39 is 11.9 Å². The molecule has 1 N–H and O–H groups in total. The Morgan fingerprint density at radius 3 is 2.24 bits per heavy atom. The Morgan fingerprint density at radius 2 is 1.72 bits per heavy atom. The summed E-state index contributed by atoms with van der Waals surface area (Å²) < 4.78 is 11.1. The number of rotatable bonds is 8. The number of benzene rings is 2. The Hall–Kier alpha value is -2.49. The zero-order valence-corrected chi connectivity index (χ0v) is 15.3. The third-order valence-electron chi connectivity index (χ3n) is 3.96. The van der Waals surface area contributed by atoms with Gasteiger partial charge in [0.05, 0.1) is 18.6 Å². The van der Waals surface area contributed by atoms with Gasteiger partial charge in [-0.3, -0.25) is 4.79 Å². The van der Waals surface area contributed by atoms with E-state index in [2.05, 4.69) is 0 Å². The van der Waals surface area contributed by atoms with Gasteiger partial charge in [0.2, 0.25) is 0 Å². The van der Waals surface area contributed by atoms with Gasteiger partial charge in [-0.2, -0.15) is 0 Å². The van der Waals surface area contributed by atoms with Crippen LogP contribution in [0.15, 0.2) is 42.5 Å². The van der Waals surface area contributed by atoms with Gasteiger partial charge in [0.25, 0.3) is 0 Å². The van der Waals surface area contributed by atoms with Gasteiger partial charge in [-0.1, -0.05) is 18.2 Å². The first-order valence-electron chi connectivity index (χ1n) is 8.62. The van der Waals surface area contributed by atoms with Crippen molar-refractivity contribution in [3.05, 3.63) is 59.2 Å². The summed E-state index contributed by atoms with van der Waals surface area (Å²) in [6.07, 6.45) is 0.552. The van der Waals surface area contributed by atoms with E-state index in [1.165, 1.54) is 0 Å². The fourth-order valence-corrected chi connectivity index (χ4v) is 2.84. The van der Waals surface area contributed by atoms with Gasteiger partial charge in [-0.05, 0) is 75.1 Å². The van der Waals surface area contributed by atoms with Crippen LogP contribution in [-0.2, 0) is 11.2 Å². The van der Waals surface area contributed by atoms with E-state index in [9.17, 15) is 9.90 Å². The molecular weight excluding hydrogens is 316 g/mol. The first kappa shape index (κ1) is 18.8. The van der Waals surface area contributed by atoms with Crippen molar-refractivity contribution in [1.82, 2.24) is 0 Å². The monoisotopic (exact) mass is 342 g/mol. The molecule has 2 aromatic carbocycles. The summed E-state index contributed by atoms with van der Waals surface area (Å²) in [5.74, 6) is 0.147. The van der Waals surface area contributed by atoms with Crippen LogP contribution < -0.4 is 9.47 Å².